The molecular formula is C23H25NO3S. The summed E-state index contributed by atoms with van der Waals surface area (Å²) >= 11 is 1.42. The highest BCUT2D eigenvalue weighted by atomic mass is 32.1. The molecule has 4 saturated carbocycles. The molecule has 0 aliphatic heterocycles. The topological polar surface area (TPSA) is 56.3 Å². The largest absolute Gasteiger partial charge is 0.450 e. The van der Waals surface area contributed by atoms with Crippen LogP contribution in [-0.2, 0) is 9.53 Å². The van der Waals surface area contributed by atoms with Crippen molar-refractivity contribution in [2.45, 2.75) is 51.6 Å². The summed E-state index contributed by atoms with van der Waals surface area (Å²) in [5.74, 6) is 1.74. The minimum atomic E-state index is -0.703. The number of carbonyl (C=O) groups excluding carboxylic acids is 2. The average Bonchev–Trinajstić information content (AvgIpc) is 3.17. The van der Waals surface area contributed by atoms with Gasteiger partial charge in [0.15, 0.2) is 17.6 Å². The monoisotopic (exact) mass is 395 g/mol. The molecule has 4 bridgehead atoms. The van der Waals surface area contributed by atoms with E-state index in [-0.39, 0.29) is 16.9 Å². The lowest BCUT2D eigenvalue weighted by Gasteiger charge is -2.56. The fourth-order valence-electron chi connectivity index (χ4n) is 6.20. The van der Waals surface area contributed by atoms with Crippen LogP contribution in [0.15, 0.2) is 35.7 Å². The molecule has 28 heavy (non-hydrogen) atoms. The Morgan fingerprint density at radius 2 is 1.68 bits per heavy atom. The lowest BCUT2D eigenvalue weighted by Crippen LogP contribution is -2.52. The quantitative estimate of drug-likeness (QED) is 0.658. The van der Waals surface area contributed by atoms with Gasteiger partial charge in [-0.05, 0) is 63.2 Å². The number of ketones is 1. The van der Waals surface area contributed by atoms with Crippen LogP contribution in [0.2, 0.25) is 0 Å². The molecule has 1 atom stereocenters. The summed E-state index contributed by atoms with van der Waals surface area (Å²) in [4.78, 5) is 30.3. The summed E-state index contributed by atoms with van der Waals surface area (Å²) in [6, 6.07) is 9.77. The highest BCUT2D eigenvalue weighted by Gasteiger charge is 2.55. The van der Waals surface area contributed by atoms with Crippen molar-refractivity contribution in [3.8, 4) is 10.6 Å². The molecule has 2 aromatic rings. The highest BCUT2D eigenvalue weighted by molar-refractivity contribution is 7.13. The first-order chi connectivity index (χ1) is 13.5. The van der Waals surface area contributed by atoms with E-state index in [1.54, 1.807) is 12.3 Å². The molecule has 0 saturated heterocycles. The van der Waals surface area contributed by atoms with Gasteiger partial charge in [0.25, 0.3) is 0 Å². The molecule has 6 rings (SSSR count). The molecule has 4 fully saturated rings. The van der Waals surface area contributed by atoms with Crippen molar-refractivity contribution in [3.63, 3.8) is 0 Å². The number of Topliss-reactive ketones (excluding diaryl/α,β-unsaturated/α-hetero) is 1. The van der Waals surface area contributed by atoms with Crippen molar-refractivity contribution in [1.29, 1.82) is 0 Å². The van der Waals surface area contributed by atoms with Gasteiger partial charge >= 0.3 is 5.97 Å². The van der Waals surface area contributed by atoms with Crippen LogP contribution in [0, 0.1) is 23.2 Å². The first-order valence-corrected chi connectivity index (χ1v) is 11.2. The van der Waals surface area contributed by atoms with Crippen molar-refractivity contribution >= 4 is 23.1 Å². The normalized spacial score (nSPS) is 31.5. The van der Waals surface area contributed by atoms with Crippen LogP contribution >= 0.6 is 11.3 Å². The van der Waals surface area contributed by atoms with Crippen LogP contribution in [0.4, 0.5) is 0 Å². The predicted molar refractivity (Wildman–Crippen MR) is 108 cm³/mol. The third-order valence-electron chi connectivity index (χ3n) is 6.95. The molecule has 0 spiro atoms. The van der Waals surface area contributed by atoms with E-state index in [2.05, 4.69) is 4.98 Å². The second kappa shape index (κ2) is 6.80. The van der Waals surface area contributed by atoms with E-state index in [1.165, 1.54) is 30.6 Å². The van der Waals surface area contributed by atoms with Crippen LogP contribution < -0.4 is 0 Å². The number of esters is 1. The maximum Gasteiger partial charge on any atom is 0.358 e. The van der Waals surface area contributed by atoms with Gasteiger partial charge in [0.05, 0.1) is 0 Å². The van der Waals surface area contributed by atoms with Crippen LogP contribution in [0.25, 0.3) is 10.6 Å². The number of thiazole rings is 1. The molecular weight excluding hydrogens is 370 g/mol. The van der Waals surface area contributed by atoms with Gasteiger partial charge in [-0.15, -0.1) is 11.3 Å². The van der Waals surface area contributed by atoms with Gasteiger partial charge in [-0.1, -0.05) is 30.3 Å². The molecule has 146 valence electrons. The Morgan fingerprint density at radius 1 is 1.07 bits per heavy atom. The van der Waals surface area contributed by atoms with E-state index in [9.17, 15) is 9.59 Å². The summed E-state index contributed by atoms with van der Waals surface area (Å²) in [5, 5.41) is 2.50. The van der Waals surface area contributed by atoms with E-state index < -0.39 is 12.1 Å². The lowest BCUT2D eigenvalue weighted by molar-refractivity contribution is -0.152. The second-order valence-electron chi connectivity index (χ2n) is 9.01. The lowest BCUT2D eigenvalue weighted by atomic mass is 9.48. The average molecular weight is 396 g/mol. The fourth-order valence-corrected chi connectivity index (χ4v) is 6.99. The zero-order chi connectivity index (χ0) is 19.3. The Kier molecular flexibility index (Phi) is 4.38. The predicted octanol–water partition coefficient (Wildman–Crippen LogP) is 5.14. The second-order valence-corrected chi connectivity index (χ2v) is 9.87. The first kappa shape index (κ1) is 18.0. The van der Waals surface area contributed by atoms with Gasteiger partial charge in [-0.3, -0.25) is 4.79 Å². The van der Waals surface area contributed by atoms with E-state index in [0.717, 1.165) is 29.8 Å². The van der Waals surface area contributed by atoms with Gasteiger partial charge in [0.2, 0.25) is 0 Å². The fraction of sp³-hybridized carbons (Fsp3) is 0.522. The molecule has 5 heteroatoms. The van der Waals surface area contributed by atoms with Crippen LogP contribution in [0.5, 0.6) is 0 Å². The number of nitrogens with zero attached hydrogens (tertiary/aromatic N) is 1. The van der Waals surface area contributed by atoms with Crippen molar-refractivity contribution in [1.82, 2.24) is 4.98 Å². The summed E-state index contributed by atoms with van der Waals surface area (Å²) in [6.45, 7) is 1.74. The Bertz CT molecular complexity index is 868. The SMILES string of the molecule is CC(OC(=O)c1csc(-c2ccccc2)n1)C(=O)C12CC3CC(CC(C3)C1)C2. The standard InChI is InChI=1S/C23H25NO3S/c1-14(20(25)23-10-15-7-16(11-23)9-17(8-15)12-23)27-22(26)19-13-28-21(24-19)18-5-3-2-4-6-18/h2-6,13-17H,7-12H2,1H3. The van der Waals surface area contributed by atoms with Gasteiger partial charge in [0, 0.05) is 16.4 Å². The Balaban J connectivity index is 1.28. The number of rotatable bonds is 5. The molecule has 4 aliphatic rings. The number of hydrogen-bond acceptors (Lipinski definition) is 5. The van der Waals surface area contributed by atoms with Crippen LogP contribution in [-0.4, -0.2) is 22.8 Å². The maximum absolute atomic E-state index is 13.3. The van der Waals surface area contributed by atoms with Crippen molar-refractivity contribution < 1.29 is 14.3 Å². The van der Waals surface area contributed by atoms with E-state index in [4.69, 9.17) is 4.74 Å². The van der Waals surface area contributed by atoms with Gasteiger partial charge in [0.1, 0.15) is 5.01 Å². The van der Waals surface area contributed by atoms with Crippen molar-refractivity contribution in [2.75, 3.05) is 0 Å². The van der Waals surface area contributed by atoms with Crippen molar-refractivity contribution in [3.05, 3.63) is 41.4 Å². The molecule has 4 aliphatic carbocycles. The van der Waals surface area contributed by atoms with E-state index in [1.807, 2.05) is 30.3 Å². The number of hydrogen-bond donors (Lipinski definition) is 0. The molecule has 0 N–H and O–H groups in total. The first-order valence-electron chi connectivity index (χ1n) is 10.3. The van der Waals surface area contributed by atoms with Crippen LogP contribution in [0.3, 0.4) is 0 Å². The summed E-state index contributed by atoms with van der Waals surface area (Å²) in [6.07, 6.45) is 6.16. The Hall–Kier alpha value is -2.01. The smallest absolute Gasteiger partial charge is 0.358 e. The number of carbonyl (C=O) groups is 2. The summed E-state index contributed by atoms with van der Waals surface area (Å²) < 4.78 is 5.59. The number of aromatic nitrogens is 1. The molecule has 0 amide bonds. The number of benzene rings is 1. The zero-order valence-electron chi connectivity index (χ0n) is 16.1. The minimum absolute atomic E-state index is 0.137. The van der Waals surface area contributed by atoms with Gasteiger partial charge in [-0.2, -0.15) is 0 Å². The highest BCUT2D eigenvalue weighted by Crippen LogP contribution is 2.60. The van der Waals surface area contributed by atoms with E-state index >= 15 is 0 Å². The summed E-state index contributed by atoms with van der Waals surface area (Å²) in [5.41, 5.74) is 1.02. The molecule has 1 aromatic heterocycles. The molecule has 1 unspecified atom stereocenters. The third kappa shape index (κ3) is 3.10. The van der Waals surface area contributed by atoms with Crippen LogP contribution in [0.1, 0.15) is 55.9 Å². The molecule has 0 radical (unpaired) electrons. The zero-order valence-corrected chi connectivity index (χ0v) is 16.9. The molecule has 4 nitrogen and oxygen atoms in total. The van der Waals surface area contributed by atoms with Gasteiger partial charge in [-0.25, -0.2) is 9.78 Å². The van der Waals surface area contributed by atoms with E-state index in [0.29, 0.717) is 17.8 Å². The summed E-state index contributed by atoms with van der Waals surface area (Å²) in [7, 11) is 0. The Labute approximate surface area is 169 Å². The maximum atomic E-state index is 13.3. The third-order valence-corrected chi connectivity index (χ3v) is 7.84. The van der Waals surface area contributed by atoms with Gasteiger partial charge < -0.3 is 4.74 Å². The molecule has 1 heterocycles. The van der Waals surface area contributed by atoms with Crippen molar-refractivity contribution in [2.24, 2.45) is 23.2 Å². The Morgan fingerprint density at radius 3 is 2.29 bits per heavy atom. The minimum Gasteiger partial charge on any atom is -0.450 e. The molecule has 1 aromatic carbocycles. The number of ether oxygens (including phenoxy) is 1.